The highest BCUT2D eigenvalue weighted by molar-refractivity contribution is 7.22. The second-order valence-electron chi connectivity index (χ2n) is 6.94. The molecule has 0 unspecified atom stereocenters. The second kappa shape index (κ2) is 12.6. The number of ether oxygens (including phenoxy) is 3. The molecule has 0 aliphatic rings. The van der Waals surface area contributed by atoms with E-state index in [-0.39, 0.29) is 30.7 Å². The molecule has 0 atom stereocenters. The third kappa shape index (κ3) is 6.25. The molecule has 180 valence electrons. The summed E-state index contributed by atoms with van der Waals surface area (Å²) >= 11 is 1.35. The lowest BCUT2D eigenvalue weighted by atomic mass is 10.3. The maximum atomic E-state index is 13.9. The maximum absolute atomic E-state index is 13.9. The SMILES string of the molecule is CCN(CC)CCN(C(=O)COc1ccccc1F)c1nc2c(OC)ccc(OC)c2s1.Cl. The molecule has 0 spiro atoms. The molecule has 1 aromatic heterocycles. The zero-order valence-electron chi connectivity index (χ0n) is 19.2. The fraction of sp³-hybridized carbons (Fsp3) is 0.391. The number of fused-ring (bicyclic) bond motifs is 1. The monoisotopic (exact) mass is 497 g/mol. The quantitative estimate of drug-likeness (QED) is 0.385. The Morgan fingerprint density at radius 1 is 1.00 bits per heavy atom. The number of likely N-dealkylation sites (N-methyl/N-ethyl adjacent to an activating group) is 1. The lowest BCUT2D eigenvalue weighted by Crippen LogP contribution is -2.41. The first kappa shape index (κ1) is 26.6. The lowest BCUT2D eigenvalue weighted by molar-refractivity contribution is -0.120. The summed E-state index contributed by atoms with van der Waals surface area (Å²) in [7, 11) is 3.16. The first-order chi connectivity index (χ1) is 15.5. The van der Waals surface area contributed by atoms with Crippen molar-refractivity contribution < 1.29 is 23.4 Å². The fourth-order valence-electron chi connectivity index (χ4n) is 3.28. The van der Waals surface area contributed by atoms with Crippen molar-refractivity contribution in [3.8, 4) is 17.2 Å². The summed E-state index contributed by atoms with van der Waals surface area (Å²) in [5.74, 6) is 0.476. The highest BCUT2D eigenvalue weighted by atomic mass is 35.5. The Kier molecular flexibility index (Phi) is 10.1. The van der Waals surface area contributed by atoms with E-state index in [1.807, 2.05) is 6.07 Å². The van der Waals surface area contributed by atoms with E-state index in [4.69, 9.17) is 14.2 Å². The Morgan fingerprint density at radius 2 is 1.67 bits per heavy atom. The van der Waals surface area contributed by atoms with E-state index in [0.29, 0.717) is 35.2 Å². The number of hydrogen-bond acceptors (Lipinski definition) is 7. The maximum Gasteiger partial charge on any atom is 0.266 e. The van der Waals surface area contributed by atoms with Gasteiger partial charge in [-0.3, -0.25) is 9.69 Å². The fourth-order valence-corrected chi connectivity index (χ4v) is 4.39. The van der Waals surface area contributed by atoms with Gasteiger partial charge < -0.3 is 19.1 Å². The molecule has 3 aromatic rings. The van der Waals surface area contributed by atoms with Crippen LogP contribution in [0.4, 0.5) is 9.52 Å². The van der Waals surface area contributed by atoms with Crippen LogP contribution in [0.3, 0.4) is 0 Å². The van der Waals surface area contributed by atoms with Crippen molar-refractivity contribution in [2.24, 2.45) is 0 Å². The minimum atomic E-state index is -0.510. The number of carbonyl (C=O) groups excluding carboxylic acids is 1. The van der Waals surface area contributed by atoms with E-state index >= 15 is 0 Å². The molecule has 0 N–H and O–H groups in total. The molecule has 10 heteroatoms. The van der Waals surface area contributed by atoms with Crippen LogP contribution in [0.2, 0.25) is 0 Å². The predicted octanol–water partition coefficient (Wildman–Crippen LogP) is 4.63. The number of thiazole rings is 1. The molecule has 0 fully saturated rings. The molecular weight excluding hydrogens is 469 g/mol. The molecule has 1 heterocycles. The third-order valence-corrected chi connectivity index (χ3v) is 6.25. The standard InChI is InChI=1S/C23H28FN3O4S.ClH/c1-5-26(6-2)13-14-27(20(28)15-31-17-10-8-7-9-16(17)24)23-25-21-18(29-3)11-12-19(30-4)22(21)32-23;/h7-12H,5-6,13-15H2,1-4H3;1H. The summed E-state index contributed by atoms with van der Waals surface area (Å²) in [6.07, 6.45) is 0. The van der Waals surface area contributed by atoms with Gasteiger partial charge in [0.05, 0.1) is 14.2 Å². The van der Waals surface area contributed by atoms with E-state index in [9.17, 15) is 9.18 Å². The van der Waals surface area contributed by atoms with Crippen LogP contribution in [0.1, 0.15) is 13.8 Å². The van der Waals surface area contributed by atoms with Crippen molar-refractivity contribution in [3.05, 3.63) is 42.2 Å². The Hall–Kier alpha value is -2.62. The molecule has 2 aromatic carbocycles. The van der Waals surface area contributed by atoms with Crippen LogP contribution in [-0.2, 0) is 4.79 Å². The summed E-state index contributed by atoms with van der Waals surface area (Å²) in [5.41, 5.74) is 0.627. The first-order valence-electron chi connectivity index (χ1n) is 10.4. The van der Waals surface area contributed by atoms with Crippen molar-refractivity contribution in [1.82, 2.24) is 9.88 Å². The number of rotatable bonds is 11. The van der Waals surface area contributed by atoms with Gasteiger partial charge in [-0.1, -0.05) is 37.3 Å². The minimum absolute atomic E-state index is 0. The first-order valence-corrected chi connectivity index (χ1v) is 11.3. The molecule has 0 bridgehead atoms. The topological polar surface area (TPSA) is 64.1 Å². The highest BCUT2D eigenvalue weighted by Gasteiger charge is 2.23. The van der Waals surface area contributed by atoms with Crippen LogP contribution in [0, 0.1) is 5.82 Å². The predicted molar refractivity (Wildman–Crippen MR) is 132 cm³/mol. The number of carbonyl (C=O) groups is 1. The second-order valence-corrected chi connectivity index (χ2v) is 7.91. The Morgan fingerprint density at radius 3 is 2.30 bits per heavy atom. The largest absolute Gasteiger partial charge is 0.495 e. The summed E-state index contributed by atoms with van der Waals surface area (Å²) in [4.78, 5) is 21.7. The Labute approximate surface area is 203 Å². The zero-order valence-corrected chi connectivity index (χ0v) is 20.8. The van der Waals surface area contributed by atoms with Gasteiger partial charge in [-0.15, -0.1) is 12.4 Å². The van der Waals surface area contributed by atoms with Gasteiger partial charge in [0.25, 0.3) is 5.91 Å². The van der Waals surface area contributed by atoms with Crippen LogP contribution in [-0.4, -0.2) is 62.8 Å². The minimum Gasteiger partial charge on any atom is -0.495 e. The number of para-hydroxylation sites is 1. The summed E-state index contributed by atoms with van der Waals surface area (Å²) < 4.78 is 31.1. The van der Waals surface area contributed by atoms with Crippen LogP contribution in [0.5, 0.6) is 17.2 Å². The van der Waals surface area contributed by atoms with Gasteiger partial charge in [-0.25, -0.2) is 9.37 Å². The van der Waals surface area contributed by atoms with Gasteiger partial charge in [0.2, 0.25) is 0 Å². The molecule has 0 aliphatic carbocycles. The number of halogens is 2. The molecule has 0 radical (unpaired) electrons. The average Bonchev–Trinajstić information content (AvgIpc) is 3.25. The van der Waals surface area contributed by atoms with Gasteiger partial charge in [-0.2, -0.15) is 0 Å². The number of methoxy groups -OCH3 is 2. The average molecular weight is 498 g/mol. The molecule has 0 saturated carbocycles. The summed E-state index contributed by atoms with van der Waals surface area (Å²) in [5, 5.41) is 0.511. The van der Waals surface area contributed by atoms with Crippen molar-refractivity contribution in [1.29, 1.82) is 0 Å². The van der Waals surface area contributed by atoms with Crippen molar-refractivity contribution >= 4 is 45.0 Å². The molecule has 0 aliphatic heterocycles. The van der Waals surface area contributed by atoms with Crippen molar-refractivity contribution in [2.45, 2.75) is 13.8 Å². The third-order valence-electron chi connectivity index (χ3n) is 5.15. The zero-order chi connectivity index (χ0) is 23.1. The van der Waals surface area contributed by atoms with Crippen LogP contribution < -0.4 is 19.1 Å². The van der Waals surface area contributed by atoms with Crippen LogP contribution >= 0.6 is 23.7 Å². The molecule has 1 amide bonds. The normalized spacial score (nSPS) is 10.7. The molecule has 3 rings (SSSR count). The van der Waals surface area contributed by atoms with Crippen molar-refractivity contribution in [2.75, 3.05) is 51.9 Å². The number of benzene rings is 2. The van der Waals surface area contributed by atoms with Gasteiger partial charge in [0.15, 0.2) is 23.3 Å². The smallest absolute Gasteiger partial charge is 0.266 e. The molecule has 7 nitrogen and oxygen atoms in total. The lowest BCUT2D eigenvalue weighted by Gasteiger charge is -2.24. The van der Waals surface area contributed by atoms with E-state index in [2.05, 4.69) is 23.7 Å². The van der Waals surface area contributed by atoms with E-state index in [1.54, 1.807) is 37.3 Å². The Balaban J connectivity index is 0.00000385. The number of hydrogen-bond donors (Lipinski definition) is 0. The van der Waals surface area contributed by atoms with Gasteiger partial charge >= 0.3 is 0 Å². The molecule has 33 heavy (non-hydrogen) atoms. The van der Waals surface area contributed by atoms with Gasteiger partial charge in [0.1, 0.15) is 21.7 Å². The number of amides is 1. The van der Waals surface area contributed by atoms with Crippen LogP contribution in [0.15, 0.2) is 36.4 Å². The van der Waals surface area contributed by atoms with Gasteiger partial charge in [-0.05, 0) is 37.4 Å². The van der Waals surface area contributed by atoms with Gasteiger partial charge in [0, 0.05) is 13.1 Å². The van der Waals surface area contributed by atoms with E-state index < -0.39 is 5.82 Å². The highest BCUT2D eigenvalue weighted by Crippen LogP contribution is 2.40. The number of aromatic nitrogens is 1. The van der Waals surface area contributed by atoms with E-state index in [0.717, 1.165) is 17.8 Å². The molecular formula is C23H29ClFN3O4S. The van der Waals surface area contributed by atoms with E-state index in [1.165, 1.54) is 23.5 Å². The van der Waals surface area contributed by atoms with Crippen molar-refractivity contribution in [3.63, 3.8) is 0 Å². The van der Waals surface area contributed by atoms with Crippen LogP contribution in [0.25, 0.3) is 10.2 Å². The number of nitrogens with zero attached hydrogens (tertiary/aromatic N) is 3. The summed E-state index contributed by atoms with van der Waals surface area (Å²) in [6, 6.07) is 9.62. The summed E-state index contributed by atoms with van der Waals surface area (Å²) in [6.45, 7) is 6.67. The Bertz CT molecular complexity index is 1020. The molecule has 0 saturated heterocycles. The number of anilines is 1.